The zero-order chi connectivity index (χ0) is 11.1. The minimum Gasteiger partial charge on any atom is -0.463 e. The zero-order valence-corrected chi connectivity index (χ0v) is 9.19. The highest BCUT2D eigenvalue weighted by molar-refractivity contribution is 5.65. The Labute approximate surface area is 88.6 Å². The molecule has 0 aromatic carbocycles. The number of esters is 1. The Balaban J connectivity index is 1.91. The summed E-state index contributed by atoms with van der Waals surface area (Å²) in [4.78, 5) is 10.7. The second-order valence-electron chi connectivity index (χ2n) is 4.31. The highest BCUT2D eigenvalue weighted by Gasteiger charge is 2.50. The van der Waals surface area contributed by atoms with Crippen molar-refractivity contribution in [2.45, 2.75) is 44.9 Å². The van der Waals surface area contributed by atoms with Gasteiger partial charge < -0.3 is 18.9 Å². The maximum atomic E-state index is 10.7. The molecule has 3 atom stereocenters. The number of hydrogen-bond acceptors (Lipinski definition) is 5. The number of carbonyl (C=O) groups is 1. The molecule has 0 spiro atoms. The number of fused-ring (bicyclic) bond motifs is 1. The minimum absolute atomic E-state index is 0.0411. The zero-order valence-electron chi connectivity index (χ0n) is 9.19. The summed E-state index contributed by atoms with van der Waals surface area (Å²) < 4.78 is 21.6. The molecule has 0 N–H and O–H groups in total. The molecule has 0 aliphatic carbocycles. The Morgan fingerprint density at radius 2 is 2.20 bits per heavy atom. The lowest BCUT2D eigenvalue weighted by Gasteiger charge is -2.21. The monoisotopic (exact) mass is 216 g/mol. The third-order valence-corrected chi connectivity index (χ3v) is 2.51. The second kappa shape index (κ2) is 3.73. The third kappa shape index (κ3) is 2.30. The van der Waals surface area contributed by atoms with E-state index in [1.165, 1.54) is 6.92 Å². The van der Waals surface area contributed by atoms with Crippen molar-refractivity contribution in [1.29, 1.82) is 0 Å². The van der Waals surface area contributed by atoms with Crippen LogP contribution in [0.3, 0.4) is 0 Å². The molecule has 2 rings (SSSR count). The Bertz CT molecular complexity index is 263. The highest BCUT2D eigenvalue weighted by Crippen LogP contribution is 2.35. The average Bonchev–Trinajstić information content (AvgIpc) is 2.56. The van der Waals surface area contributed by atoms with E-state index in [1.54, 1.807) is 0 Å². The number of ether oxygens (including phenoxy) is 4. The first-order valence-corrected chi connectivity index (χ1v) is 5.08. The maximum Gasteiger partial charge on any atom is 0.302 e. The van der Waals surface area contributed by atoms with Gasteiger partial charge in [-0.3, -0.25) is 4.79 Å². The molecule has 0 bridgehead atoms. The highest BCUT2D eigenvalue weighted by atomic mass is 16.8. The molecule has 0 amide bonds. The fraction of sp³-hybridized carbons (Fsp3) is 0.900. The van der Waals surface area contributed by atoms with Gasteiger partial charge in [0.15, 0.2) is 5.79 Å². The molecule has 15 heavy (non-hydrogen) atoms. The molecular weight excluding hydrogens is 200 g/mol. The summed E-state index contributed by atoms with van der Waals surface area (Å²) in [5.41, 5.74) is 0. The Morgan fingerprint density at radius 1 is 1.47 bits per heavy atom. The van der Waals surface area contributed by atoms with Crippen LogP contribution in [0.25, 0.3) is 0 Å². The molecule has 0 unspecified atom stereocenters. The Morgan fingerprint density at radius 3 is 2.87 bits per heavy atom. The van der Waals surface area contributed by atoms with Crippen molar-refractivity contribution >= 4 is 5.97 Å². The van der Waals surface area contributed by atoms with Crippen molar-refractivity contribution < 1.29 is 23.7 Å². The molecular formula is C10H16O5. The van der Waals surface area contributed by atoms with Gasteiger partial charge in [0.05, 0.1) is 6.61 Å². The van der Waals surface area contributed by atoms with E-state index in [0.717, 1.165) is 0 Å². The molecule has 2 aliphatic rings. The Kier molecular flexibility index (Phi) is 2.70. The summed E-state index contributed by atoms with van der Waals surface area (Å²) in [6.07, 6.45) is -0.374. The Hall–Kier alpha value is -0.650. The van der Waals surface area contributed by atoms with Crippen LogP contribution >= 0.6 is 0 Å². The number of rotatable bonds is 2. The van der Waals surface area contributed by atoms with Crippen LogP contribution in [0.5, 0.6) is 0 Å². The van der Waals surface area contributed by atoms with Crippen LogP contribution in [0.1, 0.15) is 20.8 Å². The van der Waals surface area contributed by atoms with Crippen LogP contribution in [0, 0.1) is 0 Å². The molecule has 0 aromatic heterocycles. The summed E-state index contributed by atoms with van der Waals surface area (Å²) >= 11 is 0. The fourth-order valence-corrected chi connectivity index (χ4v) is 1.96. The predicted octanol–water partition coefficient (Wildman–Crippen LogP) is 0.468. The first kappa shape index (κ1) is 10.9. The van der Waals surface area contributed by atoms with E-state index in [-0.39, 0.29) is 30.9 Å². The van der Waals surface area contributed by atoms with Crippen molar-refractivity contribution in [3.8, 4) is 0 Å². The molecule has 5 heteroatoms. The van der Waals surface area contributed by atoms with Gasteiger partial charge in [-0.15, -0.1) is 0 Å². The fourth-order valence-electron chi connectivity index (χ4n) is 1.96. The molecule has 86 valence electrons. The van der Waals surface area contributed by atoms with Gasteiger partial charge in [0.1, 0.15) is 24.9 Å². The lowest BCUT2D eigenvalue weighted by atomic mass is 10.2. The van der Waals surface area contributed by atoms with E-state index >= 15 is 0 Å². The molecule has 2 heterocycles. The summed E-state index contributed by atoms with van der Waals surface area (Å²) in [5.74, 6) is -0.867. The summed E-state index contributed by atoms with van der Waals surface area (Å²) in [7, 11) is 0. The van der Waals surface area contributed by atoms with Gasteiger partial charge in [0.25, 0.3) is 0 Å². The van der Waals surface area contributed by atoms with Gasteiger partial charge in [0.2, 0.25) is 0 Å². The van der Waals surface area contributed by atoms with Crippen LogP contribution in [0.2, 0.25) is 0 Å². The van der Waals surface area contributed by atoms with Gasteiger partial charge in [-0.2, -0.15) is 0 Å². The third-order valence-electron chi connectivity index (χ3n) is 2.51. The topological polar surface area (TPSA) is 54.0 Å². The molecule has 0 aromatic rings. The lowest BCUT2D eigenvalue weighted by Crippen LogP contribution is -2.33. The summed E-state index contributed by atoms with van der Waals surface area (Å²) in [5, 5.41) is 0. The normalized spacial score (nSPS) is 37.7. The smallest absolute Gasteiger partial charge is 0.302 e. The SMILES string of the molecule is CC(=O)OC[C@@H]1OC[C@H]2OC(C)(C)O[C@@H]12. The molecule has 2 fully saturated rings. The van der Waals surface area contributed by atoms with Crippen molar-refractivity contribution in [3.63, 3.8) is 0 Å². The quantitative estimate of drug-likeness (QED) is 0.628. The van der Waals surface area contributed by atoms with E-state index < -0.39 is 5.79 Å². The molecule has 5 nitrogen and oxygen atoms in total. The summed E-state index contributed by atoms with van der Waals surface area (Å²) in [6.45, 7) is 5.85. The van der Waals surface area contributed by atoms with Crippen LogP contribution in [0.4, 0.5) is 0 Å². The van der Waals surface area contributed by atoms with Crippen LogP contribution in [-0.4, -0.2) is 43.3 Å². The second-order valence-corrected chi connectivity index (χ2v) is 4.31. The van der Waals surface area contributed by atoms with Gasteiger partial charge in [-0.1, -0.05) is 0 Å². The van der Waals surface area contributed by atoms with Crippen molar-refractivity contribution in [3.05, 3.63) is 0 Å². The standard InChI is InChI=1S/C10H16O5/c1-6(11)12-4-7-9-8(5-13-7)14-10(2,3)15-9/h7-9H,4-5H2,1-3H3/t7-,8+,9-/m0/s1. The van der Waals surface area contributed by atoms with Crippen LogP contribution < -0.4 is 0 Å². The number of hydrogen-bond donors (Lipinski definition) is 0. The van der Waals surface area contributed by atoms with E-state index in [1.807, 2.05) is 13.8 Å². The van der Waals surface area contributed by atoms with Gasteiger partial charge >= 0.3 is 5.97 Å². The van der Waals surface area contributed by atoms with E-state index in [4.69, 9.17) is 18.9 Å². The van der Waals surface area contributed by atoms with E-state index in [0.29, 0.717) is 6.61 Å². The summed E-state index contributed by atoms with van der Waals surface area (Å²) in [6, 6.07) is 0. The minimum atomic E-state index is -0.562. The largest absolute Gasteiger partial charge is 0.463 e. The predicted molar refractivity (Wildman–Crippen MR) is 50.2 cm³/mol. The van der Waals surface area contributed by atoms with Gasteiger partial charge in [-0.25, -0.2) is 0 Å². The van der Waals surface area contributed by atoms with Crippen molar-refractivity contribution in [2.75, 3.05) is 13.2 Å². The first-order chi connectivity index (χ1) is 6.98. The van der Waals surface area contributed by atoms with Crippen molar-refractivity contribution in [2.24, 2.45) is 0 Å². The first-order valence-electron chi connectivity index (χ1n) is 5.08. The van der Waals surface area contributed by atoms with Gasteiger partial charge in [0, 0.05) is 6.92 Å². The lowest BCUT2D eigenvalue weighted by molar-refractivity contribution is -0.181. The molecule has 0 saturated carbocycles. The van der Waals surface area contributed by atoms with Crippen LogP contribution in [-0.2, 0) is 23.7 Å². The average molecular weight is 216 g/mol. The number of carbonyl (C=O) groups excluding carboxylic acids is 1. The van der Waals surface area contributed by atoms with Crippen LogP contribution in [0.15, 0.2) is 0 Å². The molecule has 0 radical (unpaired) electrons. The van der Waals surface area contributed by atoms with Crippen molar-refractivity contribution in [1.82, 2.24) is 0 Å². The molecule has 2 aliphatic heterocycles. The van der Waals surface area contributed by atoms with E-state index in [9.17, 15) is 4.79 Å². The molecule has 2 saturated heterocycles. The van der Waals surface area contributed by atoms with E-state index in [2.05, 4.69) is 0 Å². The van der Waals surface area contributed by atoms with Gasteiger partial charge in [-0.05, 0) is 13.8 Å². The maximum absolute atomic E-state index is 10.7.